The largest absolute Gasteiger partial charge is 0.481 e. The van der Waals surface area contributed by atoms with E-state index in [4.69, 9.17) is 20.6 Å². The van der Waals surface area contributed by atoms with Crippen LogP contribution < -0.4 is 21.1 Å². The van der Waals surface area contributed by atoms with E-state index in [1.807, 2.05) is 85.9 Å². The molecule has 0 bridgehead atoms. The summed E-state index contributed by atoms with van der Waals surface area (Å²) >= 11 is 1.44. The van der Waals surface area contributed by atoms with Gasteiger partial charge in [0.1, 0.15) is 18.2 Å². The van der Waals surface area contributed by atoms with E-state index in [2.05, 4.69) is 10.6 Å². The fraction of sp³-hybridized carbons (Fsp3) is 0.185. The Labute approximate surface area is 208 Å². The highest BCUT2D eigenvalue weighted by Gasteiger charge is 2.19. The predicted octanol–water partition coefficient (Wildman–Crippen LogP) is 5.32. The van der Waals surface area contributed by atoms with E-state index in [9.17, 15) is 4.79 Å². The van der Waals surface area contributed by atoms with Crippen LogP contribution in [0.5, 0.6) is 5.75 Å². The molecule has 1 unspecified atom stereocenters. The second-order valence-corrected chi connectivity index (χ2v) is 9.07. The van der Waals surface area contributed by atoms with Crippen LogP contribution in [0, 0.1) is 5.41 Å². The molecule has 0 fully saturated rings. The molecule has 3 aromatic carbocycles. The molecule has 1 amide bonds. The van der Waals surface area contributed by atoms with Crippen molar-refractivity contribution in [1.82, 2.24) is 5.32 Å². The fourth-order valence-corrected chi connectivity index (χ4v) is 4.56. The Morgan fingerprint density at radius 1 is 1.06 bits per heavy atom. The van der Waals surface area contributed by atoms with Crippen molar-refractivity contribution in [3.63, 3.8) is 0 Å². The number of thiophene rings is 1. The maximum absolute atomic E-state index is 12.5. The SMILES string of the molecule is CNCCc1ccc(NC(=O)OCC(Oc2cccc3sc(C(=N)N)cc23)c2ccccc2)cc1. The minimum atomic E-state index is -0.551. The summed E-state index contributed by atoms with van der Waals surface area (Å²) in [4.78, 5) is 13.2. The fourth-order valence-electron chi connectivity index (χ4n) is 3.62. The third kappa shape index (κ3) is 6.38. The van der Waals surface area contributed by atoms with Gasteiger partial charge >= 0.3 is 6.09 Å². The first-order valence-corrected chi connectivity index (χ1v) is 12.1. The average Bonchev–Trinajstić information content (AvgIpc) is 3.32. The summed E-state index contributed by atoms with van der Waals surface area (Å²) in [6.45, 7) is 0.918. The van der Waals surface area contributed by atoms with E-state index < -0.39 is 12.2 Å². The standard InChI is InChI=1S/C27H28N4O3S/c1-30-15-14-18-10-12-20(13-11-18)31-27(32)33-17-23(19-6-3-2-4-7-19)34-22-8-5-9-24-21(22)16-25(35-24)26(28)29/h2-13,16,23,30H,14-15,17H2,1H3,(H3,28,29)(H,31,32). The highest BCUT2D eigenvalue weighted by molar-refractivity contribution is 7.20. The number of carbonyl (C=O) groups excluding carboxylic acids is 1. The lowest BCUT2D eigenvalue weighted by Gasteiger charge is -2.20. The number of anilines is 1. The minimum Gasteiger partial charge on any atom is -0.481 e. The quantitative estimate of drug-likeness (QED) is 0.179. The smallest absolute Gasteiger partial charge is 0.411 e. The molecule has 8 heteroatoms. The van der Waals surface area contributed by atoms with E-state index in [1.54, 1.807) is 0 Å². The summed E-state index contributed by atoms with van der Waals surface area (Å²) in [7, 11) is 1.92. The summed E-state index contributed by atoms with van der Waals surface area (Å²) in [5.74, 6) is 0.660. The van der Waals surface area contributed by atoms with Crippen molar-refractivity contribution in [1.29, 1.82) is 5.41 Å². The number of likely N-dealkylation sites (N-methyl/N-ethyl adjacent to an activating group) is 1. The monoisotopic (exact) mass is 488 g/mol. The summed E-state index contributed by atoms with van der Waals surface area (Å²) in [5, 5.41) is 14.5. The summed E-state index contributed by atoms with van der Waals surface area (Å²) in [6, 6.07) is 24.9. The first-order chi connectivity index (χ1) is 17.0. The predicted molar refractivity (Wildman–Crippen MR) is 142 cm³/mol. The van der Waals surface area contributed by atoms with Crippen molar-refractivity contribution in [3.05, 3.63) is 94.9 Å². The molecule has 0 radical (unpaired) electrons. The molecule has 7 nitrogen and oxygen atoms in total. The first-order valence-electron chi connectivity index (χ1n) is 11.3. The Bertz CT molecular complexity index is 1290. The number of nitrogens with one attached hydrogen (secondary N) is 3. The molecule has 1 heterocycles. The van der Waals surface area contributed by atoms with Gasteiger partial charge in [0.2, 0.25) is 0 Å². The average molecular weight is 489 g/mol. The van der Waals surface area contributed by atoms with E-state index >= 15 is 0 Å². The van der Waals surface area contributed by atoms with Gasteiger partial charge in [-0.25, -0.2) is 4.79 Å². The van der Waals surface area contributed by atoms with Crippen molar-refractivity contribution in [2.75, 3.05) is 25.5 Å². The number of benzene rings is 3. The minimum absolute atomic E-state index is 0.0202. The molecule has 0 saturated carbocycles. The number of nitrogens with two attached hydrogens (primary N) is 1. The van der Waals surface area contributed by atoms with E-state index in [0.29, 0.717) is 16.3 Å². The van der Waals surface area contributed by atoms with Crippen molar-refractivity contribution in [3.8, 4) is 5.75 Å². The molecule has 5 N–H and O–H groups in total. The molecule has 4 aromatic rings. The zero-order valence-electron chi connectivity index (χ0n) is 19.4. The van der Waals surface area contributed by atoms with E-state index in [1.165, 1.54) is 16.9 Å². The van der Waals surface area contributed by atoms with E-state index in [-0.39, 0.29) is 12.4 Å². The molecule has 180 valence electrons. The van der Waals surface area contributed by atoms with Gasteiger partial charge < -0.3 is 20.5 Å². The van der Waals surface area contributed by atoms with Crippen LogP contribution in [0.3, 0.4) is 0 Å². The number of amidine groups is 1. The molecule has 0 aliphatic carbocycles. The number of carbonyl (C=O) groups is 1. The Kier molecular flexibility index (Phi) is 7.97. The van der Waals surface area contributed by atoms with Gasteiger partial charge in [0.25, 0.3) is 0 Å². The first kappa shape index (κ1) is 24.3. The van der Waals surface area contributed by atoms with Crippen LogP contribution in [0.2, 0.25) is 0 Å². The maximum Gasteiger partial charge on any atom is 0.411 e. The Morgan fingerprint density at radius 3 is 2.54 bits per heavy atom. The Balaban J connectivity index is 1.46. The van der Waals surface area contributed by atoms with Gasteiger partial charge in [0.15, 0.2) is 6.10 Å². The van der Waals surface area contributed by atoms with Gasteiger partial charge in [-0.15, -0.1) is 11.3 Å². The van der Waals surface area contributed by atoms with Crippen LogP contribution >= 0.6 is 11.3 Å². The summed E-state index contributed by atoms with van der Waals surface area (Å²) in [5.41, 5.74) is 8.42. The van der Waals surface area contributed by atoms with Gasteiger partial charge in [-0.3, -0.25) is 10.7 Å². The molecular weight excluding hydrogens is 460 g/mol. The van der Waals surface area contributed by atoms with Crippen molar-refractivity contribution in [2.24, 2.45) is 5.73 Å². The lowest BCUT2D eigenvalue weighted by Crippen LogP contribution is -2.21. The number of fused-ring (bicyclic) bond motifs is 1. The third-order valence-electron chi connectivity index (χ3n) is 5.46. The Hall–Kier alpha value is -3.88. The molecule has 1 aromatic heterocycles. The van der Waals surface area contributed by atoms with Gasteiger partial charge in [0.05, 0.1) is 4.88 Å². The number of nitrogen functional groups attached to an aromatic ring is 1. The maximum atomic E-state index is 12.5. The van der Waals surface area contributed by atoms with Gasteiger partial charge in [-0.2, -0.15) is 0 Å². The highest BCUT2D eigenvalue weighted by Crippen LogP contribution is 2.35. The van der Waals surface area contributed by atoms with Gasteiger partial charge in [-0.05, 0) is 61.5 Å². The topological polar surface area (TPSA) is 109 Å². The number of hydrogen-bond donors (Lipinski definition) is 4. The second-order valence-electron chi connectivity index (χ2n) is 7.98. The normalized spacial score (nSPS) is 11.7. The Morgan fingerprint density at radius 2 is 1.83 bits per heavy atom. The number of amides is 1. The molecule has 0 spiro atoms. The second kappa shape index (κ2) is 11.5. The van der Waals surface area contributed by atoms with Crippen molar-refractivity contribution in [2.45, 2.75) is 12.5 Å². The van der Waals surface area contributed by atoms with Gasteiger partial charge in [0, 0.05) is 15.8 Å². The molecule has 0 aliphatic heterocycles. The zero-order valence-corrected chi connectivity index (χ0v) is 20.2. The third-order valence-corrected chi connectivity index (χ3v) is 6.59. The molecule has 1 atom stereocenters. The van der Waals surface area contributed by atoms with Gasteiger partial charge in [-0.1, -0.05) is 48.5 Å². The summed E-state index contributed by atoms with van der Waals surface area (Å²) in [6.07, 6.45) is -0.149. The molecule has 4 rings (SSSR count). The van der Waals surface area contributed by atoms with Crippen LogP contribution in [0.15, 0.2) is 78.9 Å². The van der Waals surface area contributed by atoms with Crippen LogP contribution in [0.4, 0.5) is 10.5 Å². The number of hydrogen-bond acceptors (Lipinski definition) is 6. The van der Waals surface area contributed by atoms with Crippen LogP contribution in [-0.2, 0) is 11.2 Å². The van der Waals surface area contributed by atoms with Crippen LogP contribution in [-0.4, -0.2) is 32.1 Å². The zero-order chi connectivity index (χ0) is 24.6. The van der Waals surface area contributed by atoms with Crippen molar-refractivity contribution >= 4 is 39.0 Å². The molecule has 0 aliphatic rings. The molecule has 35 heavy (non-hydrogen) atoms. The lowest BCUT2D eigenvalue weighted by atomic mass is 10.1. The van der Waals surface area contributed by atoms with Crippen LogP contribution in [0.25, 0.3) is 10.1 Å². The number of rotatable bonds is 10. The highest BCUT2D eigenvalue weighted by atomic mass is 32.1. The van der Waals surface area contributed by atoms with Crippen LogP contribution in [0.1, 0.15) is 22.1 Å². The lowest BCUT2D eigenvalue weighted by molar-refractivity contribution is 0.0910. The number of ether oxygens (including phenoxy) is 2. The summed E-state index contributed by atoms with van der Waals surface area (Å²) < 4.78 is 12.9. The van der Waals surface area contributed by atoms with E-state index in [0.717, 1.165) is 28.6 Å². The van der Waals surface area contributed by atoms with Crippen molar-refractivity contribution < 1.29 is 14.3 Å². The molecular formula is C27H28N4O3S. The molecule has 0 saturated heterocycles.